The summed E-state index contributed by atoms with van der Waals surface area (Å²) in [5.41, 5.74) is 2.63. The van der Waals surface area contributed by atoms with Gasteiger partial charge in [-0.1, -0.05) is 18.2 Å². The molecule has 0 unspecified atom stereocenters. The molecule has 2 aromatic rings. The van der Waals surface area contributed by atoms with Crippen molar-refractivity contribution in [3.8, 4) is 5.75 Å². The molecule has 1 aliphatic rings. The van der Waals surface area contributed by atoms with Crippen LogP contribution in [0, 0.1) is 0 Å². The van der Waals surface area contributed by atoms with E-state index >= 15 is 0 Å². The SMILES string of the molecule is COc1cccc(CN(Cc2ccccn2)C2CC(C)(C)NC(C)(C)C2)c1. The lowest BCUT2D eigenvalue weighted by Crippen LogP contribution is -2.62. The zero-order chi connectivity index (χ0) is 19.5. The molecular formula is C23H33N3O. The van der Waals surface area contributed by atoms with E-state index in [-0.39, 0.29) is 11.1 Å². The van der Waals surface area contributed by atoms with Gasteiger partial charge in [-0.2, -0.15) is 0 Å². The van der Waals surface area contributed by atoms with Crippen LogP contribution in [-0.4, -0.2) is 34.1 Å². The first-order chi connectivity index (χ1) is 12.8. The van der Waals surface area contributed by atoms with Gasteiger partial charge in [-0.25, -0.2) is 0 Å². The Morgan fingerprint density at radius 1 is 1.04 bits per heavy atom. The van der Waals surface area contributed by atoms with E-state index in [9.17, 15) is 0 Å². The predicted molar refractivity (Wildman–Crippen MR) is 111 cm³/mol. The van der Waals surface area contributed by atoms with E-state index in [4.69, 9.17) is 4.74 Å². The van der Waals surface area contributed by atoms with Gasteiger partial charge in [-0.3, -0.25) is 9.88 Å². The Kier molecular flexibility index (Phi) is 5.87. The van der Waals surface area contributed by atoms with Gasteiger partial charge in [0.2, 0.25) is 0 Å². The molecule has 4 nitrogen and oxygen atoms in total. The smallest absolute Gasteiger partial charge is 0.119 e. The highest BCUT2D eigenvalue weighted by Gasteiger charge is 2.39. The molecular weight excluding hydrogens is 334 g/mol. The van der Waals surface area contributed by atoms with E-state index in [0.717, 1.165) is 37.4 Å². The molecule has 1 aromatic heterocycles. The van der Waals surface area contributed by atoms with Crippen molar-refractivity contribution >= 4 is 0 Å². The van der Waals surface area contributed by atoms with Gasteiger partial charge < -0.3 is 10.1 Å². The number of hydrogen-bond acceptors (Lipinski definition) is 4. The number of hydrogen-bond donors (Lipinski definition) is 1. The van der Waals surface area contributed by atoms with Gasteiger partial charge in [0.25, 0.3) is 0 Å². The standard InChI is InChI=1S/C23H33N3O/c1-22(2)14-20(15-23(3,4)25-22)26(17-19-10-6-7-12-24-19)16-18-9-8-11-21(13-18)27-5/h6-13,20,25H,14-17H2,1-5H3. The Labute approximate surface area is 164 Å². The molecule has 2 heterocycles. The van der Waals surface area contributed by atoms with Crippen LogP contribution in [-0.2, 0) is 13.1 Å². The molecule has 0 spiro atoms. The molecule has 0 amide bonds. The summed E-state index contributed by atoms with van der Waals surface area (Å²) in [6.07, 6.45) is 4.12. The normalized spacial score (nSPS) is 19.2. The number of aromatic nitrogens is 1. The number of benzene rings is 1. The van der Waals surface area contributed by atoms with E-state index < -0.39 is 0 Å². The fourth-order valence-electron chi connectivity index (χ4n) is 4.55. The molecule has 1 saturated heterocycles. The molecule has 3 rings (SSSR count). The van der Waals surface area contributed by atoms with Gasteiger partial charge in [0.05, 0.1) is 12.8 Å². The second-order valence-electron chi connectivity index (χ2n) is 9.03. The number of pyridine rings is 1. The Morgan fingerprint density at radius 2 is 1.78 bits per heavy atom. The van der Waals surface area contributed by atoms with Crippen LogP contribution in [0.25, 0.3) is 0 Å². The fraction of sp³-hybridized carbons (Fsp3) is 0.522. The minimum absolute atomic E-state index is 0.114. The lowest BCUT2D eigenvalue weighted by atomic mass is 9.79. The molecule has 1 aliphatic heterocycles. The molecule has 0 atom stereocenters. The third kappa shape index (κ3) is 5.53. The minimum atomic E-state index is 0.114. The number of methoxy groups -OCH3 is 1. The summed E-state index contributed by atoms with van der Waals surface area (Å²) in [6.45, 7) is 11.0. The van der Waals surface area contributed by atoms with Crippen molar-refractivity contribution in [1.82, 2.24) is 15.2 Å². The fourth-order valence-corrected chi connectivity index (χ4v) is 4.55. The monoisotopic (exact) mass is 367 g/mol. The summed E-state index contributed by atoms with van der Waals surface area (Å²) in [6, 6.07) is 15.1. The summed E-state index contributed by atoms with van der Waals surface area (Å²) in [5.74, 6) is 0.913. The lowest BCUT2D eigenvalue weighted by Gasteiger charge is -2.49. The first-order valence-electron chi connectivity index (χ1n) is 9.83. The van der Waals surface area contributed by atoms with Gasteiger partial charge in [0.15, 0.2) is 0 Å². The molecule has 0 aliphatic carbocycles. The highest BCUT2D eigenvalue weighted by atomic mass is 16.5. The van der Waals surface area contributed by atoms with Crippen molar-refractivity contribution in [2.24, 2.45) is 0 Å². The third-order valence-corrected chi connectivity index (χ3v) is 5.30. The first kappa shape index (κ1) is 19.8. The van der Waals surface area contributed by atoms with Gasteiger partial charge in [0.1, 0.15) is 5.75 Å². The van der Waals surface area contributed by atoms with Crippen molar-refractivity contribution in [1.29, 1.82) is 0 Å². The highest BCUT2D eigenvalue weighted by molar-refractivity contribution is 5.28. The average Bonchev–Trinajstić information content (AvgIpc) is 2.59. The van der Waals surface area contributed by atoms with Crippen molar-refractivity contribution in [3.05, 3.63) is 59.9 Å². The van der Waals surface area contributed by atoms with Crippen LogP contribution >= 0.6 is 0 Å². The van der Waals surface area contributed by atoms with E-state index in [0.29, 0.717) is 6.04 Å². The average molecular weight is 368 g/mol. The molecule has 1 N–H and O–H groups in total. The van der Waals surface area contributed by atoms with Crippen LogP contribution in [0.3, 0.4) is 0 Å². The maximum Gasteiger partial charge on any atom is 0.119 e. The lowest BCUT2D eigenvalue weighted by molar-refractivity contribution is 0.0556. The van der Waals surface area contributed by atoms with Crippen molar-refractivity contribution in [2.45, 2.75) is 70.7 Å². The van der Waals surface area contributed by atoms with Crippen molar-refractivity contribution in [3.63, 3.8) is 0 Å². The Hall–Kier alpha value is -1.91. The van der Waals surface area contributed by atoms with Gasteiger partial charge in [0, 0.05) is 36.4 Å². The maximum atomic E-state index is 5.43. The van der Waals surface area contributed by atoms with Crippen LogP contribution < -0.4 is 10.1 Å². The summed E-state index contributed by atoms with van der Waals surface area (Å²) in [5, 5.41) is 3.80. The highest BCUT2D eigenvalue weighted by Crippen LogP contribution is 2.33. The van der Waals surface area contributed by atoms with Crippen molar-refractivity contribution < 1.29 is 4.74 Å². The minimum Gasteiger partial charge on any atom is -0.497 e. The quantitative estimate of drug-likeness (QED) is 0.821. The Morgan fingerprint density at radius 3 is 2.41 bits per heavy atom. The summed E-state index contributed by atoms with van der Waals surface area (Å²) >= 11 is 0. The van der Waals surface area contributed by atoms with Crippen LogP contribution in [0.4, 0.5) is 0 Å². The molecule has 1 aromatic carbocycles. The summed E-state index contributed by atoms with van der Waals surface area (Å²) in [7, 11) is 1.72. The second kappa shape index (κ2) is 7.99. The molecule has 4 heteroatoms. The van der Waals surface area contributed by atoms with Crippen molar-refractivity contribution in [2.75, 3.05) is 7.11 Å². The zero-order valence-corrected chi connectivity index (χ0v) is 17.3. The summed E-state index contributed by atoms with van der Waals surface area (Å²) in [4.78, 5) is 7.16. The van der Waals surface area contributed by atoms with Gasteiger partial charge >= 0.3 is 0 Å². The molecule has 146 valence electrons. The van der Waals surface area contributed by atoms with Crippen LogP contribution in [0.15, 0.2) is 48.7 Å². The zero-order valence-electron chi connectivity index (χ0n) is 17.3. The summed E-state index contributed by atoms with van der Waals surface area (Å²) < 4.78 is 5.43. The molecule has 1 fully saturated rings. The second-order valence-corrected chi connectivity index (χ2v) is 9.03. The largest absolute Gasteiger partial charge is 0.497 e. The third-order valence-electron chi connectivity index (χ3n) is 5.30. The molecule has 0 saturated carbocycles. The molecule has 27 heavy (non-hydrogen) atoms. The number of rotatable bonds is 6. The van der Waals surface area contributed by atoms with Gasteiger partial charge in [-0.05, 0) is 70.4 Å². The van der Waals surface area contributed by atoms with E-state index in [1.54, 1.807) is 7.11 Å². The van der Waals surface area contributed by atoms with Gasteiger partial charge in [-0.15, -0.1) is 0 Å². The van der Waals surface area contributed by atoms with E-state index in [2.05, 4.69) is 73.2 Å². The van der Waals surface area contributed by atoms with Crippen LogP contribution in [0.5, 0.6) is 5.75 Å². The predicted octanol–water partition coefficient (Wildman–Crippen LogP) is 4.40. The number of ether oxygens (including phenoxy) is 1. The topological polar surface area (TPSA) is 37.4 Å². The Balaban J connectivity index is 1.86. The molecule has 0 radical (unpaired) electrons. The number of nitrogens with zero attached hydrogens (tertiary/aromatic N) is 2. The molecule has 0 bridgehead atoms. The number of nitrogens with one attached hydrogen (secondary N) is 1. The number of piperidine rings is 1. The van der Waals surface area contributed by atoms with Crippen LogP contribution in [0.2, 0.25) is 0 Å². The van der Waals surface area contributed by atoms with E-state index in [1.807, 2.05) is 18.3 Å². The van der Waals surface area contributed by atoms with Crippen LogP contribution in [0.1, 0.15) is 51.8 Å². The maximum absolute atomic E-state index is 5.43. The first-order valence-corrected chi connectivity index (χ1v) is 9.83. The van der Waals surface area contributed by atoms with E-state index in [1.165, 1.54) is 5.56 Å². The Bertz CT molecular complexity index is 726.